The maximum atomic E-state index is 2.64. The van der Waals surface area contributed by atoms with Crippen molar-refractivity contribution in [1.82, 2.24) is 0 Å². The molecule has 7 atom stereocenters. The van der Waals surface area contributed by atoms with Crippen LogP contribution in [0, 0.1) is 52.3 Å². The Morgan fingerprint density at radius 3 is 2.06 bits per heavy atom. The Kier molecular flexibility index (Phi) is 2.21. The molecule has 0 bridgehead atoms. The molecule has 0 aromatic carbocycles. The van der Waals surface area contributed by atoms with E-state index in [-0.39, 0.29) is 0 Å². The van der Waals surface area contributed by atoms with E-state index >= 15 is 0 Å². The van der Waals surface area contributed by atoms with E-state index in [9.17, 15) is 0 Å². The number of hydrogen-bond donors (Lipinski definition) is 0. The first-order valence-electron chi connectivity index (χ1n) is 7.81. The summed E-state index contributed by atoms with van der Waals surface area (Å²) in [5.41, 5.74) is 1.50. The number of hydrogen-bond acceptors (Lipinski definition) is 0. The maximum Gasteiger partial charge on any atom is -0.0142 e. The first-order valence-corrected chi connectivity index (χ1v) is 7.81. The van der Waals surface area contributed by atoms with Gasteiger partial charge in [-0.25, -0.2) is 0 Å². The zero-order valence-electron chi connectivity index (χ0n) is 12.7. The second-order valence-electron chi connectivity index (χ2n) is 8.28. The van der Waals surface area contributed by atoms with Gasteiger partial charge in [0.15, 0.2) is 0 Å². The normalized spacial score (nSPS) is 57.0. The summed E-state index contributed by atoms with van der Waals surface area (Å²) in [4.78, 5) is 0. The largest absolute Gasteiger partial charge is 0.0625 e. The van der Waals surface area contributed by atoms with Crippen LogP contribution in [0.2, 0.25) is 0 Å². The Hall–Kier alpha value is 0. The van der Waals surface area contributed by atoms with Gasteiger partial charge in [0.2, 0.25) is 0 Å². The maximum absolute atomic E-state index is 2.64. The minimum Gasteiger partial charge on any atom is -0.0625 e. The zero-order chi connectivity index (χ0) is 12.7. The summed E-state index contributed by atoms with van der Waals surface area (Å²) < 4.78 is 0. The van der Waals surface area contributed by atoms with Gasteiger partial charge in [-0.05, 0) is 58.7 Å². The van der Waals surface area contributed by atoms with E-state index < -0.39 is 0 Å². The van der Waals surface area contributed by atoms with E-state index in [0.29, 0.717) is 5.41 Å². The predicted octanol–water partition coefficient (Wildman–Crippen LogP) is 4.84. The van der Waals surface area contributed by atoms with Gasteiger partial charge in [-0.2, -0.15) is 0 Å². The molecular weight excluding hydrogens is 204 g/mol. The number of rotatable bonds is 3. The Morgan fingerprint density at radius 1 is 1.06 bits per heavy atom. The predicted molar refractivity (Wildman–Crippen MR) is 73.6 cm³/mol. The van der Waals surface area contributed by atoms with Crippen LogP contribution in [0.5, 0.6) is 0 Å². The summed E-state index contributed by atoms with van der Waals surface area (Å²) in [6, 6.07) is 0. The summed E-state index contributed by atoms with van der Waals surface area (Å²) in [6.07, 6.45) is 1.54. The van der Waals surface area contributed by atoms with Crippen molar-refractivity contribution >= 4 is 0 Å². The molecule has 1 spiro atoms. The fraction of sp³-hybridized carbons (Fsp3) is 1.00. The van der Waals surface area contributed by atoms with Crippen LogP contribution >= 0.6 is 0 Å². The molecule has 3 aliphatic rings. The van der Waals surface area contributed by atoms with Gasteiger partial charge in [0.1, 0.15) is 0 Å². The van der Waals surface area contributed by atoms with Crippen molar-refractivity contribution in [2.24, 2.45) is 52.3 Å². The highest BCUT2D eigenvalue weighted by Crippen LogP contribution is 2.97. The summed E-state index contributed by atoms with van der Waals surface area (Å²) in [6.45, 7) is 17.4. The van der Waals surface area contributed by atoms with Gasteiger partial charge in [-0.3, -0.25) is 0 Å². The van der Waals surface area contributed by atoms with Crippen LogP contribution in [0.15, 0.2) is 0 Å². The van der Waals surface area contributed by atoms with Crippen molar-refractivity contribution in [3.63, 3.8) is 0 Å². The smallest absolute Gasteiger partial charge is 0.0142 e. The van der Waals surface area contributed by atoms with E-state index in [4.69, 9.17) is 0 Å². The highest BCUT2D eigenvalue weighted by atomic mass is 15.0. The second kappa shape index (κ2) is 3.11. The van der Waals surface area contributed by atoms with Gasteiger partial charge >= 0.3 is 0 Å². The lowest BCUT2D eigenvalue weighted by Gasteiger charge is -2.33. The van der Waals surface area contributed by atoms with Gasteiger partial charge in [0.25, 0.3) is 0 Å². The Labute approximate surface area is 108 Å². The summed E-state index contributed by atoms with van der Waals surface area (Å²) in [5.74, 6) is 6.85. The van der Waals surface area contributed by atoms with E-state index in [1.165, 1.54) is 0 Å². The van der Waals surface area contributed by atoms with E-state index in [1.54, 1.807) is 6.42 Å². The molecular formula is C17H30. The van der Waals surface area contributed by atoms with Crippen molar-refractivity contribution in [2.75, 3.05) is 0 Å². The lowest BCUT2D eigenvalue weighted by molar-refractivity contribution is 0.155. The quantitative estimate of drug-likeness (QED) is 0.655. The van der Waals surface area contributed by atoms with Gasteiger partial charge in [0.05, 0.1) is 0 Å². The molecule has 17 heavy (non-hydrogen) atoms. The average Bonchev–Trinajstić information content (AvgIpc) is 2.95. The first-order chi connectivity index (χ1) is 7.81. The SMILES string of the molecule is CC(C)C(C)C1CC2C(C)C23C(C(C)C)C13C. The summed E-state index contributed by atoms with van der Waals surface area (Å²) in [7, 11) is 0. The highest BCUT2D eigenvalue weighted by molar-refractivity contribution is 5.40. The first kappa shape index (κ1) is 12.1. The molecule has 0 N–H and O–H groups in total. The van der Waals surface area contributed by atoms with Gasteiger partial charge < -0.3 is 0 Å². The molecule has 3 aliphatic carbocycles. The third-order valence-corrected chi connectivity index (χ3v) is 7.50. The molecule has 0 amide bonds. The lowest BCUT2D eigenvalue weighted by Crippen LogP contribution is -2.26. The average molecular weight is 234 g/mol. The van der Waals surface area contributed by atoms with Crippen molar-refractivity contribution < 1.29 is 0 Å². The molecule has 0 aromatic rings. The standard InChI is InChI=1S/C17H30/c1-9(2)11(5)13-8-14-12(6)17(14)15(10(3)4)16(13,17)7/h9-15H,8H2,1-7H3. The van der Waals surface area contributed by atoms with Crippen molar-refractivity contribution in [3.05, 3.63) is 0 Å². The fourth-order valence-electron chi connectivity index (χ4n) is 6.76. The molecule has 0 heteroatoms. The van der Waals surface area contributed by atoms with Crippen molar-refractivity contribution in [3.8, 4) is 0 Å². The van der Waals surface area contributed by atoms with E-state index in [1.807, 2.05) is 0 Å². The molecule has 3 rings (SSSR count). The minimum absolute atomic E-state index is 0.703. The van der Waals surface area contributed by atoms with Crippen LogP contribution in [0.4, 0.5) is 0 Å². The monoisotopic (exact) mass is 234 g/mol. The third kappa shape index (κ3) is 1.04. The van der Waals surface area contributed by atoms with Crippen LogP contribution in [-0.2, 0) is 0 Å². The molecule has 0 nitrogen and oxygen atoms in total. The third-order valence-electron chi connectivity index (χ3n) is 7.50. The van der Waals surface area contributed by atoms with Gasteiger partial charge in [-0.1, -0.05) is 48.5 Å². The topological polar surface area (TPSA) is 0 Å². The lowest BCUT2D eigenvalue weighted by atomic mass is 9.72. The van der Waals surface area contributed by atoms with Crippen LogP contribution in [0.1, 0.15) is 54.9 Å². The molecule has 0 aliphatic heterocycles. The molecule has 0 radical (unpaired) electrons. The Bertz CT molecular complexity index is 342. The van der Waals surface area contributed by atoms with Crippen LogP contribution < -0.4 is 0 Å². The molecule has 0 aromatic heterocycles. The van der Waals surface area contributed by atoms with E-state index in [2.05, 4.69) is 48.5 Å². The van der Waals surface area contributed by atoms with E-state index in [0.717, 1.165) is 46.8 Å². The molecule has 98 valence electrons. The highest BCUT2D eigenvalue weighted by Gasteiger charge is 2.93. The zero-order valence-corrected chi connectivity index (χ0v) is 12.7. The van der Waals surface area contributed by atoms with Crippen molar-refractivity contribution in [1.29, 1.82) is 0 Å². The van der Waals surface area contributed by atoms with Gasteiger partial charge in [-0.15, -0.1) is 0 Å². The molecule has 0 heterocycles. The molecule has 7 unspecified atom stereocenters. The van der Waals surface area contributed by atoms with Crippen LogP contribution in [0.3, 0.4) is 0 Å². The molecule has 0 saturated heterocycles. The van der Waals surface area contributed by atoms with Crippen LogP contribution in [-0.4, -0.2) is 0 Å². The summed E-state index contributed by atoms with van der Waals surface area (Å²) >= 11 is 0. The summed E-state index contributed by atoms with van der Waals surface area (Å²) in [5, 5.41) is 0. The van der Waals surface area contributed by atoms with Crippen molar-refractivity contribution in [2.45, 2.75) is 54.9 Å². The Morgan fingerprint density at radius 2 is 1.65 bits per heavy atom. The minimum atomic E-state index is 0.703. The molecule has 3 fully saturated rings. The second-order valence-corrected chi connectivity index (χ2v) is 8.28. The molecule has 3 saturated carbocycles. The Balaban J connectivity index is 1.89. The van der Waals surface area contributed by atoms with Gasteiger partial charge in [0, 0.05) is 0 Å². The van der Waals surface area contributed by atoms with Crippen LogP contribution in [0.25, 0.3) is 0 Å². The fourth-order valence-corrected chi connectivity index (χ4v) is 6.76.